The number of rotatable bonds is 13. The SMILES string of the molecule is CS(=O)(=O)N(CCCC(=O)N(Cc1ccc(Br)cc1)[C@H](Cc1ccccc1)C(=O)NC1CCCC1)c1ccccc1. The predicted molar refractivity (Wildman–Crippen MR) is 167 cm³/mol. The van der Waals surface area contributed by atoms with Crippen LogP contribution < -0.4 is 9.62 Å². The zero-order valence-corrected chi connectivity index (χ0v) is 25.8. The maximum Gasteiger partial charge on any atom is 0.243 e. The van der Waals surface area contributed by atoms with Crippen LogP contribution in [0.1, 0.15) is 49.7 Å². The number of hydrogen-bond donors (Lipinski definition) is 1. The molecule has 1 fully saturated rings. The Kier molecular flexibility index (Phi) is 11.0. The highest BCUT2D eigenvalue weighted by Gasteiger charge is 2.32. The Balaban J connectivity index is 1.57. The first-order valence-electron chi connectivity index (χ1n) is 14.1. The number of benzene rings is 3. The van der Waals surface area contributed by atoms with E-state index in [9.17, 15) is 18.0 Å². The standard InChI is InChI=1S/C32H38BrN3O4S/c1-41(39,40)36(29-15-6-3-7-16-29)22-10-17-31(37)35(24-26-18-20-27(33)21-19-26)30(23-25-11-4-2-5-12-25)32(38)34-28-13-8-9-14-28/h2-7,11-12,15-16,18-21,28,30H,8-10,13-14,17,22-24H2,1H3,(H,34,38)/t30-/m1/s1. The minimum Gasteiger partial charge on any atom is -0.352 e. The number of amides is 2. The average molecular weight is 641 g/mol. The molecule has 7 nitrogen and oxygen atoms in total. The lowest BCUT2D eigenvalue weighted by Crippen LogP contribution is -2.52. The molecule has 1 N–H and O–H groups in total. The molecular formula is C32H38BrN3O4S. The number of sulfonamides is 1. The van der Waals surface area contributed by atoms with Crippen molar-refractivity contribution in [2.45, 2.75) is 63.6 Å². The summed E-state index contributed by atoms with van der Waals surface area (Å²) in [7, 11) is -3.53. The zero-order chi connectivity index (χ0) is 29.2. The Morgan fingerprint density at radius 1 is 0.902 bits per heavy atom. The monoisotopic (exact) mass is 639 g/mol. The van der Waals surface area contributed by atoms with Crippen molar-refractivity contribution in [1.29, 1.82) is 0 Å². The van der Waals surface area contributed by atoms with E-state index in [4.69, 9.17) is 0 Å². The molecule has 0 bridgehead atoms. The third-order valence-electron chi connectivity index (χ3n) is 7.44. The number of carbonyl (C=O) groups is 2. The van der Waals surface area contributed by atoms with Gasteiger partial charge in [0.25, 0.3) is 0 Å². The van der Waals surface area contributed by atoms with Crippen molar-refractivity contribution < 1.29 is 18.0 Å². The summed E-state index contributed by atoms with van der Waals surface area (Å²) in [5, 5.41) is 3.22. The summed E-state index contributed by atoms with van der Waals surface area (Å²) < 4.78 is 27.4. The van der Waals surface area contributed by atoms with Crippen molar-refractivity contribution in [2.24, 2.45) is 0 Å². The fourth-order valence-electron chi connectivity index (χ4n) is 5.31. The number of nitrogens with one attached hydrogen (secondary N) is 1. The number of hydrogen-bond acceptors (Lipinski definition) is 4. The van der Waals surface area contributed by atoms with Gasteiger partial charge in [-0.3, -0.25) is 13.9 Å². The summed E-state index contributed by atoms with van der Waals surface area (Å²) >= 11 is 3.47. The lowest BCUT2D eigenvalue weighted by Gasteiger charge is -2.33. The lowest BCUT2D eigenvalue weighted by molar-refractivity contribution is -0.141. The Morgan fingerprint density at radius 2 is 1.51 bits per heavy atom. The number of anilines is 1. The first kappa shape index (κ1) is 30.8. The molecule has 0 radical (unpaired) electrons. The summed E-state index contributed by atoms with van der Waals surface area (Å²) in [6.07, 6.45) is 6.07. The van der Waals surface area contributed by atoms with Gasteiger partial charge >= 0.3 is 0 Å². The van der Waals surface area contributed by atoms with E-state index >= 15 is 0 Å². The molecule has 0 saturated heterocycles. The molecule has 0 spiro atoms. The van der Waals surface area contributed by atoms with Crippen LogP contribution in [0.5, 0.6) is 0 Å². The fourth-order valence-corrected chi connectivity index (χ4v) is 6.54. The van der Waals surface area contributed by atoms with E-state index in [2.05, 4.69) is 21.2 Å². The summed E-state index contributed by atoms with van der Waals surface area (Å²) in [4.78, 5) is 29.4. The van der Waals surface area contributed by atoms with E-state index in [0.29, 0.717) is 18.5 Å². The minimum absolute atomic E-state index is 0.109. The van der Waals surface area contributed by atoms with E-state index in [1.807, 2.05) is 60.7 Å². The van der Waals surface area contributed by atoms with E-state index < -0.39 is 16.1 Å². The second-order valence-corrected chi connectivity index (χ2v) is 13.4. The van der Waals surface area contributed by atoms with Crippen molar-refractivity contribution in [2.75, 3.05) is 17.1 Å². The van der Waals surface area contributed by atoms with E-state index in [-0.39, 0.29) is 37.4 Å². The smallest absolute Gasteiger partial charge is 0.243 e. The molecule has 0 heterocycles. The topological polar surface area (TPSA) is 86.8 Å². The largest absolute Gasteiger partial charge is 0.352 e. The molecule has 3 aromatic rings. The molecule has 1 aliphatic rings. The van der Waals surface area contributed by atoms with Crippen molar-refractivity contribution in [3.63, 3.8) is 0 Å². The molecular weight excluding hydrogens is 602 g/mol. The maximum absolute atomic E-state index is 13.9. The summed E-state index contributed by atoms with van der Waals surface area (Å²) in [6.45, 7) is 0.439. The quantitative estimate of drug-likeness (QED) is 0.260. The van der Waals surface area contributed by atoms with Crippen LogP contribution in [0.25, 0.3) is 0 Å². The van der Waals surface area contributed by atoms with E-state index in [1.165, 1.54) is 10.6 Å². The van der Waals surface area contributed by atoms with Gasteiger partial charge in [0.05, 0.1) is 11.9 Å². The first-order chi connectivity index (χ1) is 19.7. The van der Waals surface area contributed by atoms with Crippen LogP contribution in [0.4, 0.5) is 5.69 Å². The second kappa shape index (κ2) is 14.6. The average Bonchev–Trinajstić information content (AvgIpc) is 3.47. The Hall–Kier alpha value is -3.17. The number of halogens is 1. The molecule has 4 rings (SSSR count). The molecule has 218 valence electrons. The Bertz CT molecular complexity index is 1380. The number of carbonyl (C=O) groups excluding carboxylic acids is 2. The Morgan fingerprint density at radius 3 is 2.12 bits per heavy atom. The predicted octanol–water partition coefficient (Wildman–Crippen LogP) is 5.69. The molecule has 1 saturated carbocycles. The van der Waals surface area contributed by atoms with Gasteiger partial charge in [0.2, 0.25) is 21.8 Å². The highest BCUT2D eigenvalue weighted by molar-refractivity contribution is 9.10. The summed E-state index contributed by atoms with van der Waals surface area (Å²) in [5.41, 5.74) is 2.45. The van der Waals surface area contributed by atoms with Gasteiger partial charge in [0.1, 0.15) is 6.04 Å². The van der Waals surface area contributed by atoms with Gasteiger partial charge in [-0.25, -0.2) is 8.42 Å². The molecule has 2 amide bonds. The number of nitrogens with zero attached hydrogens (tertiary/aromatic N) is 2. The van der Waals surface area contributed by atoms with Gasteiger partial charge in [-0.1, -0.05) is 89.4 Å². The van der Waals surface area contributed by atoms with Gasteiger partial charge in [-0.15, -0.1) is 0 Å². The van der Waals surface area contributed by atoms with Crippen molar-refractivity contribution >= 4 is 43.5 Å². The molecule has 3 aromatic carbocycles. The molecule has 41 heavy (non-hydrogen) atoms. The summed E-state index contributed by atoms with van der Waals surface area (Å²) in [6, 6.07) is 25.8. The van der Waals surface area contributed by atoms with Crippen LogP contribution in [-0.4, -0.2) is 50.0 Å². The van der Waals surface area contributed by atoms with Gasteiger partial charge in [-0.2, -0.15) is 0 Å². The van der Waals surface area contributed by atoms with Gasteiger partial charge < -0.3 is 10.2 Å². The molecule has 0 aliphatic heterocycles. The maximum atomic E-state index is 13.9. The van der Waals surface area contributed by atoms with Crippen LogP contribution >= 0.6 is 15.9 Å². The fraction of sp³-hybridized carbons (Fsp3) is 0.375. The third-order valence-corrected chi connectivity index (χ3v) is 9.16. The molecule has 0 aromatic heterocycles. The zero-order valence-electron chi connectivity index (χ0n) is 23.4. The number of para-hydroxylation sites is 1. The van der Waals surface area contributed by atoms with Crippen molar-refractivity contribution in [3.8, 4) is 0 Å². The van der Waals surface area contributed by atoms with Gasteiger partial charge in [0, 0.05) is 36.4 Å². The highest BCUT2D eigenvalue weighted by atomic mass is 79.9. The third kappa shape index (κ3) is 9.16. The van der Waals surface area contributed by atoms with Crippen LogP contribution in [0, 0.1) is 0 Å². The van der Waals surface area contributed by atoms with E-state index in [1.54, 1.807) is 29.2 Å². The second-order valence-electron chi connectivity index (χ2n) is 10.6. The van der Waals surface area contributed by atoms with Gasteiger partial charge in [0.15, 0.2) is 0 Å². The molecule has 1 atom stereocenters. The molecule has 0 unspecified atom stereocenters. The van der Waals surface area contributed by atoms with Crippen molar-refractivity contribution in [1.82, 2.24) is 10.2 Å². The Labute approximate surface area is 252 Å². The highest BCUT2D eigenvalue weighted by Crippen LogP contribution is 2.22. The van der Waals surface area contributed by atoms with Crippen LogP contribution in [0.2, 0.25) is 0 Å². The van der Waals surface area contributed by atoms with Gasteiger partial charge in [-0.05, 0) is 54.7 Å². The van der Waals surface area contributed by atoms with Crippen molar-refractivity contribution in [3.05, 3.63) is 101 Å². The lowest BCUT2D eigenvalue weighted by atomic mass is 10.0. The van der Waals surface area contributed by atoms with E-state index in [0.717, 1.165) is 41.3 Å². The molecule has 1 aliphatic carbocycles. The van der Waals surface area contributed by atoms with Crippen LogP contribution in [0.3, 0.4) is 0 Å². The summed E-state index contributed by atoms with van der Waals surface area (Å²) in [5.74, 6) is -0.329. The van der Waals surface area contributed by atoms with Crippen LogP contribution in [0.15, 0.2) is 89.4 Å². The first-order valence-corrected chi connectivity index (χ1v) is 16.8. The molecule has 9 heteroatoms. The van der Waals surface area contributed by atoms with Crippen LogP contribution in [-0.2, 0) is 32.6 Å². The minimum atomic E-state index is -3.53. The normalized spacial score (nSPS) is 14.4.